The number of carbonyl (C=O) groups is 2. The molecule has 26 heavy (non-hydrogen) atoms. The minimum atomic E-state index is -1.53. The molecule has 3 rings (SSSR count). The molecule has 140 valence electrons. The van der Waals surface area contributed by atoms with Gasteiger partial charge in [0.25, 0.3) is 0 Å². The van der Waals surface area contributed by atoms with Crippen LogP contribution in [0.5, 0.6) is 5.75 Å². The van der Waals surface area contributed by atoms with E-state index in [9.17, 15) is 9.59 Å². The van der Waals surface area contributed by atoms with Crippen LogP contribution in [0.1, 0.15) is 19.8 Å². The van der Waals surface area contributed by atoms with Crippen molar-refractivity contribution in [2.45, 2.75) is 25.7 Å². The number of carbonyl (C=O) groups excluding carboxylic acids is 2. The maximum atomic E-state index is 12.0. The van der Waals surface area contributed by atoms with Crippen LogP contribution < -0.4 is 9.64 Å². The van der Waals surface area contributed by atoms with Crippen LogP contribution in [0.25, 0.3) is 0 Å². The van der Waals surface area contributed by atoms with Crippen LogP contribution in [0.2, 0.25) is 0 Å². The van der Waals surface area contributed by atoms with E-state index in [1.807, 2.05) is 18.0 Å². The van der Waals surface area contributed by atoms with Gasteiger partial charge in [0.2, 0.25) is 0 Å². The number of esters is 2. The molecule has 1 aromatic heterocycles. The maximum absolute atomic E-state index is 12.0. The van der Waals surface area contributed by atoms with E-state index in [1.54, 1.807) is 17.3 Å². The first-order chi connectivity index (χ1) is 12.5. The number of ether oxygens (including phenoxy) is 3. The molecule has 0 aliphatic carbocycles. The number of hydrogen-bond acceptors (Lipinski definition) is 8. The summed E-state index contributed by atoms with van der Waals surface area (Å²) in [5.74, 6) is -2.16. The maximum Gasteiger partial charge on any atom is 0.356 e. The van der Waals surface area contributed by atoms with Gasteiger partial charge in [-0.1, -0.05) is 13.3 Å². The predicted octanol–water partition coefficient (Wildman–Crippen LogP) is 1.32. The van der Waals surface area contributed by atoms with E-state index in [0.717, 1.165) is 25.0 Å². The van der Waals surface area contributed by atoms with Crippen LogP contribution >= 0.6 is 0 Å². The highest BCUT2D eigenvalue weighted by molar-refractivity contribution is 5.93. The van der Waals surface area contributed by atoms with Gasteiger partial charge in [0.05, 0.1) is 31.2 Å². The predicted molar refractivity (Wildman–Crippen MR) is 93.5 cm³/mol. The SMILES string of the molecule is CCCCOc1cncc(N2CCN(C)CC23OC(=O)C=CC(=O)O3)c1. The fourth-order valence-corrected chi connectivity index (χ4v) is 2.95. The Labute approximate surface area is 152 Å². The molecule has 0 unspecified atom stereocenters. The summed E-state index contributed by atoms with van der Waals surface area (Å²) in [5.41, 5.74) is 0.662. The fourth-order valence-electron chi connectivity index (χ4n) is 2.95. The lowest BCUT2D eigenvalue weighted by Gasteiger charge is -2.47. The van der Waals surface area contributed by atoms with Gasteiger partial charge in [0, 0.05) is 31.3 Å². The zero-order valence-corrected chi connectivity index (χ0v) is 15.0. The molecule has 0 bridgehead atoms. The molecule has 2 aliphatic heterocycles. The molecule has 0 radical (unpaired) electrons. The van der Waals surface area contributed by atoms with Gasteiger partial charge in [-0.3, -0.25) is 14.8 Å². The molecule has 3 heterocycles. The van der Waals surface area contributed by atoms with E-state index in [4.69, 9.17) is 14.2 Å². The Hall–Kier alpha value is -2.61. The Bertz CT molecular complexity index is 686. The average molecular weight is 361 g/mol. The lowest BCUT2D eigenvalue weighted by molar-refractivity contribution is -0.230. The number of anilines is 1. The molecule has 1 saturated heterocycles. The van der Waals surface area contributed by atoms with E-state index >= 15 is 0 Å². The van der Waals surface area contributed by atoms with E-state index < -0.39 is 17.8 Å². The van der Waals surface area contributed by atoms with Crippen molar-refractivity contribution in [2.24, 2.45) is 0 Å². The third-order valence-electron chi connectivity index (χ3n) is 4.24. The minimum absolute atomic E-state index is 0.229. The van der Waals surface area contributed by atoms with Crippen LogP contribution in [0, 0.1) is 0 Å². The summed E-state index contributed by atoms with van der Waals surface area (Å²) in [4.78, 5) is 31.9. The topological polar surface area (TPSA) is 81.2 Å². The third-order valence-corrected chi connectivity index (χ3v) is 4.24. The average Bonchev–Trinajstić information content (AvgIpc) is 2.73. The Morgan fingerprint density at radius 2 is 1.92 bits per heavy atom. The Morgan fingerprint density at radius 1 is 1.19 bits per heavy atom. The van der Waals surface area contributed by atoms with Crippen molar-refractivity contribution in [2.75, 3.05) is 38.2 Å². The Balaban J connectivity index is 1.90. The molecule has 0 amide bonds. The highest BCUT2D eigenvalue weighted by Crippen LogP contribution is 2.33. The molecule has 1 fully saturated rings. The Morgan fingerprint density at radius 3 is 2.62 bits per heavy atom. The van der Waals surface area contributed by atoms with E-state index in [1.165, 1.54) is 0 Å². The molecule has 0 aromatic carbocycles. The summed E-state index contributed by atoms with van der Waals surface area (Å²) in [6.07, 6.45) is 7.41. The van der Waals surface area contributed by atoms with Crippen LogP contribution in [-0.2, 0) is 19.1 Å². The second kappa shape index (κ2) is 7.74. The van der Waals surface area contributed by atoms with Crippen molar-refractivity contribution in [1.29, 1.82) is 0 Å². The van der Waals surface area contributed by atoms with E-state index in [2.05, 4.69) is 11.9 Å². The van der Waals surface area contributed by atoms with Crippen molar-refractivity contribution >= 4 is 17.6 Å². The zero-order valence-electron chi connectivity index (χ0n) is 15.0. The highest BCUT2D eigenvalue weighted by atomic mass is 16.8. The van der Waals surface area contributed by atoms with E-state index in [0.29, 0.717) is 31.1 Å². The Kier molecular flexibility index (Phi) is 5.41. The summed E-state index contributed by atoms with van der Waals surface area (Å²) >= 11 is 0. The molecule has 8 heteroatoms. The number of unbranched alkanes of at least 4 members (excludes halogenated alkanes) is 1. The van der Waals surface area contributed by atoms with Gasteiger partial charge < -0.3 is 14.2 Å². The molecule has 0 N–H and O–H groups in total. The van der Waals surface area contributed by atoms with Gasteiger partial charge in [-0.2, -0.15) is 0 Å². The summed E-state index contributed by atoms with van der Waals surface area (Å²) in [7, 11) is 1.88. The molecule has 8 nitrogen and oxygen atoms in total. The number of rotatable bonds is 5. The highest BCUT2D eigenvalue weighted by Gasteiger charge is 2.49. The van der Waals surface area contributed by atoms with Crippen molar-refractivity contribution < 1.29 is 23.8 Å². The van der Waals surface area contributed by atoms with Crippen LogP contribution in [0.15, 0.2) is 30.6 Å². The quantitative estimate of drug-likeness (QED) is 0.574. The van der Waals surface area contributed by atoms with Gasteiger partial charge >= 0.3 is 17.8 Å². The zero-order chi connectivity index (χ0) is 18.6. The van der Waals surface area contributed by atoms with Gasteiger partial charge in [-0.05, 0) is 13.5 Å². The number of pyridine rings is 1. The first-order valence-electron chi connectivity index (χ1n) is 8.70. The molecule has 2 aliphatic rings. The summed E-state index contributed by atoms with van der Waals surface area (Å²) in [6, 6.07) is 1.82. The van der Waals surface area contributed by atoms with Crippen LogP contribution in [0.4, 0.5) is 5.69 Å². The largest absolute Gasteiger partial charge is 0.492 e. The summed E-state index contributed by atoms with van der Waals surface area (Å²) < 4.78 is 16.8. The van der Waals surface area contributed by atoms with Gasteiger partial charge in [0.15, 0.2) is 0 Å². The monoisotopic (exact) mass is 361 g/mol. The smallest absolute Gasteiger partial charge is 0.356 e. The van der Waals surface area contributed by atoms with Crippen molar-refractivity contribution in [3.63, 3.8) is 0 Å². The van der Waals surface area contributed by atoms with Gasteiger partial charge in [0.1, 0.15) is 5.75 Å². The second-order valence-corrected chi connectivity index (χ2v) is 6.36. The standard InChI is InChI=1S/C18H23N3O5/c1-3-4-9-24-15-10-14(11-19-12-15)21-8-7-20(2)13-18(21)25-16(22)5-6-17(23)26-18/h5-6,10-12H,3-4,7-9,13H2,1-2H3. The number of aromatic nitrogens is 1. The molecular weight excluding hydrogens is 338 g/mol. The van der Waals surface area contributed by atoms with E-state index in [-0.39, 0.29) is 6.54 Å². The fraction of sp³-hybridized carbons (Fsp3) is 0.500. The number of hydrogen-bond donors (Lipinski definition) is 0. The molecular formula is C18H23N3O5. The number of nitrogens with zero attached hydrogens (tertiary/aromatic N) is 3. The number of piperazine rings is 1. The van der Waals surface area contributed by atoms with Gasteiger partial charge in [-0.25, -0.2) is 9.59 Å². The summed E-state index contributed by atoms with van der Waals surface area (Å²) in [6.45, 7) is 4.13. The lowest BCUT2D eigenvalue weighted by Crippen LogP contribution is -2.65. The van der Waals surface area contributed by atoms with Crippen molar-refractivity contribution in [1.82, 2.24) is 9.88 Å². The van der Waals surface area contributed by atoms with Crippen LogP contribution in [0.3, 0.4) is 0 Å². The molecule has 0 atom stereocenters. The number of likely N-dealkylation sites (N-methyl/N-ethyl adjacent to an activating group) is 1. The molecule has 1 aromatic rings. The van der Waals surface area contributed by atoms with Crippen molar-refractivity contribution in [3.8, 4) is 5.75 Å². The van der Waals surface area contributed by atoms with Gasteiger partial charge in [-0.15, -0.1) is 0 Å². The first kappa shape index (κ1) is 18.2. The first-order valence-corrected chi connectivity index (χ1v) is 8.70. The van der Waals surface area contributed by atoms with Crippen LogP contribution in [-0.4, -0.2) is 61.0 Å². The normalized spacial score (nSPS) is 19.8. The molecule has 1 spiro atoms. The molecule has 0 saturated carbocycles. The lowest BCUT2D eigenvalue weighted by atomic mass is 10.2. The summed E-state index contributed by atoms with van der Waals surface area (Å²) in [5, 5.41) is 0. The van der Waals surface area contributed by atoms with Crippen molar-refractivity contribution in [3.05, 3.63) is 30.6 Å². The third kappa shape index (κ3) is 3.96. The minimum Gasteiger partial charge on any atom is -0.492 e. The second-order valence-electron chi connectivity index (χ2n) is 6.36.